The third kappa shape index (κ3) is 12.4. The fraction of sp³-hybridized carbons (Fsp3) is 0.857. The lowest BCUT2D eigenvalue weighted by atomic mass is 9.95. The first-order valence-corrected chi connectivity index (χ1v) is 14.7. The van der Waals surface area contributed by atoms with Crippen LogP contribution >= 0.6 is 0 Å². The van der Waals surface area contributed by atoms with Crippen molar-refractivity contribution in [3.8, 4) is 0 Å². The van der Waals surface area contributed by atoms with Gasteiger partial charge in [-0.3, -0.25) is 14.4 Å². The number of aliphatic carboxylic acids is 1. The van der Waals surface area contributed by atoms with E-state index in [2.05, 4.69) is 5.32 Å². The van der Waals surface area contributed by atoms with Gasteiger partial charge in [0.1, 0.15) is 12.2 Å². The van der Waals surface area contributed by atoms with Crippen LogP contribution in [0.2, 0.25) is 0 Å². The van der Waals surface area contributed by atoms with Gasteiger partial charge in [0, 0.05) is 32.4 Å². The Kier molecular flexibility index (Phi) is 14.9. The smallest absolute Gasteiger partial charge is 0.312 e. The number of primary amides is 1. The molecule has 0 radical (unpaired) electrons. The molecule has 242 valence electrons. The number of nitrogens with two attached hydrogens (primary N) is 1. The average molecular weight is 605 g/mol. The number of carboxylic acid groups (broad SMARTS) is 1. The highest BCUT2D eigenvalue weighted by molar-refractivity contribution is 5.75. The predicted octanol–water partition coefficient (Wildman–Crippen LogP) is 1.84. The largest absolute Gasteiger partial charge is 0.481 e. The van der Waals surface area contributed by atoms with Crippen molar-refractivity contribution < 1.29 is 57.8 Å². The number of rotatable bonds is 16. The van der Waals surface area contributed by atoms with Crippen LogP contribution in [0.3, 0.4) is 0 Å². The van der Waals surface area contributed by atoms with Crippen molar-refractivity contribution in [2.75, 3.05) is 13.2 Å². The van der Waals surface area contributed by atoms with Gasteiger partial charge in [0.15, 0.2) is 18.7 Å². The lowest BCUT2D eigenvalue weighted by molar-refractivity contribution is -0.280. The van der Waals surface area contributed by atoms with Crippen molar-refractivity contribution in [2.24, 2.45) is 17.6 Å². The summed E-state index contributed by atoms with van der Waals surface area (Å²) >= 11 is 0. The zero-order valence-corrected chi connectivity index (χ0v) is 25.2. The molecule has 0 aliphatic carbocycles. The Hall–Kier alpha value is -2.52. The molecule has 0 aromatic rings. The molecule has 0 aromatic carbocycles. The summed E-state index contributed by atoms with van der Waals surface area (Å²) in [7, 11) is 0. The van der Waals surface area contributed by atoms with E-state index in [0.717, 1.165) is 0 Å². The van der Waals surface area contributed by atoms with E-state index in [1.165, 1.54) is 0 Å². The maximum Gasteiger partial charge on any atom is 0.312 e. The van der Waals surface area contributed by atoms with Crippen LogP contribution in [-0.2, 0) is 42.8 Å². The predicted molar refractivity (Wildman–Crippen MR) is 147 cm³/mol. The number of carboxylic acids is 1. The standard InChI is InChI=1S/C28H48N2O12/c1-15-12-20(31)26(39-18(15)4)37-11-7-6-8-24(34)41-22-13-21(42-25(35)16(2)14-30-28(29)36)19(5)40-27(22)38-17(3)9-10-23(32)33/h15-22,26-27,31H,6-14H2,1-5H3,(H,32,33)(H3,29,30,36)/t15?,16?,17-,18?,19?,20+,21-,22+,26?,27?/m1/s1. The van der Waals surface area contributed by atoms with Crippen LogP contribution in [0.5, 0.6) is 0 Å². The summed E-state index contributed by atoms with van der Waals surface area (Å²) in [6.45, 7) is 9.21. The van der Waals surface area contributed by atoms with E-state index in [4.69, 9.17) is 39.3 Å². The van der Waals surface area contributed by atoms with Gasteiger partial charge < -0.3 is 49.7 Å². The molecule has 10 atom stereocenters. The molecule has 6 unspecified atom stereocenters. The van der Waals surface area contributed by atoms with Crippen molar-refractivity contribution in [3.63, 3.8) is 0 Å². The summed E-state index contributed by atoms with van der Waals surface area (Å²) in [5.74, 6) is -2.50. The monoisotopic (exact) mass is 604 g/mol. The molecule has 0 spiro atoms. The van der Waals surface area contributed by atoms with Gasteiger partial charge in [0.05, 0.1) is 24.2 Å². The van der Waals surface area contributed by atoms with E-state index in [1.807, 2.05) is 13.8 Å². The molecule has 14 nitrogen and oxygen atoms in total. The minimum atomic E-state index is -0.991. The molecule has 2 amide bonds. The van der Waals surface area contributed by atoms with Gasteiger partial charge >= 0.3 is 23.9 Å². The lowest BCUT2D eigenvalue weighted by Crippen LogP contribution is -2.51. The third-order valence-corrected chi connectivity index (χ3v) is 7.44. The van der Waals surface area contributed by atoms with Crippen LogP contribution in [0.4, 0.5) is 4.79 Å². The molecule has 42 heavy (non-hydrogen) atoms. The van der Waals surface area contributed by atoms with Gasteiger partial charge in [-0.1, -0.05) is 13.8 Å². The molecule has 2 fully saturated rings. The Labute approximate surface area is 246 Å². The second-order valence-corrected chi connectivity index (χ2v) is 11.3. The molecule has 2 rings (SSSR count). The number of carbonyl (C=O) groups excluding carboxylic acids is 3. The molecule has 0 bridgehead atoms. The van der Waals surface area contributed by atoms with Crippen LogP contribution in [0.25, 0.3) is 0 Å². The van der Waals surface area contributed by atoms with E-state index in [-0.39, 0.29) is 44.2 Å². The van der Waals surface area contributed by atoms with Gasteiger partial charge in [-0.25, -0.2) is 4.79 Å². The molecule has 2 saturated heterocycles. The second-order valence-electron chi connectivity index (χ2n) is 11.3. The first-order valence-electron chi connectivity index (χ1n) is 14.7. The average Bonchev–Trinajstić information content (AvgIpc) is 2.91. The van der Waals surface area contributed by atoms with Crippen LogP contribution in [0, 0.1) is 11.8 Å². The molecular formula is C28H48N2O12. The maximum atomic E-state index is 12.7. The van der Waals surface area contributed by atoms with E-state index < -0.39 is 73.0 Å². The van der Waals surface area contributed by atoms with Crippen LogP contribution in [0.15, 0.2) is 0 Å². The number of esters is 2. The van der Waals surface area contributed by atoms with E-state index >= 15 is 0 Å². The fourth-order valence-electron chi connectivity index (χ4n) is 4.58. The number of aliphatic hydroxyl groups is 1. The topological polar surface area (TPSA) is 202 Å². The zero-order valence-electron chi connectivity index (χ0n) is 25.2. The summed E-state index contributed by atoms with van der Waals surface area (Å²) in [6, 6.07) is -0.760. The quantitative estimate of drug-likeness (QED) is 0.147. The first-order chi connectivity index (χ1) is 19.8. The van der Waals surface area contributed by atoms with Gasteiger partial charge in [-0.15, -0.1) is 0 Å². The number of unbranched alkanes of at least 4 members (excludes halogenated alkanes) is 1. The van der Waals surface area contributed by atoms with E-state index in [0.29, 0.717) is 25.9 Å². The number of urea groups is 1. The molecule has 0 saturated carbocycles. The fourth-order valence-corrected chi connectivity index (χ4v) is 4.58. The Morgan fingerprint density at radius 3 is 2.31 bits per heavy atom. The number of carbonyl (C=O) groups is 4. The molecular weight excluding hydrogens is 556 g/mol. The summed E-state index contributed by atoms with van der Waals surface area (Å²) in [4.78, 5) is 47.2. The molecule has 2 heterocycles. The lowest BCUT2D eigenvalue weighted by Gasteiger charge is -2.40. The van der Waals surface area contributed by atoms with Gasteiger partial charge in [0.2, 0.25) is 0 Å². The van der Waals surface area contributed by atoms with Crippen molar-refractivity contribution in [2.45, 2.75) is 129 Å². The van der Waals surface area contributed by atoms with Crippen molar-refractivity contribution in [1.82, 2.24) is 5.32 Å². The van der Waals surface area contributed by atoms with E-state index in [1.54, 1.807) is 20.8 Å². The maximum absolute atomic E-state index is 12.7. The highest BCUT2D eigenvalue weighted by atomic mass is 16.7. The third-order valence-electron chi connectivity index (χ3n) is 7.44. The second kappa shape index (κ2) is 17.6. The first kappa shape index (κ1) is 35.7. The van der Waals surface area contributed by atoms with E-state index in [9.17, 15) is 24.3 Å². The molecule has 2 aliphatic rings. The highest BCUT2D eigenvalue weighted by Gasteiger charge is 2.42. The van der Waals surface area contributed by atoms with Crippen molar-refractivity contribution in [3.05, 3.63) is 0 Å². The number of hydrogen-bond acceptors (Lipinski definition) is 11. The SMILES string of the molecule is CC(CNC(N)=O)C(=O)O[C@@H]1C[C@H](OC(=O)CCCCOC2OC(C)C(C)C[C@@H]2O)C(O[C@H](C)CCC(=O)O)OC1C. The Morgan fingerprint density at radius 2 is 1.64 bits per heavy atom. The van der Waals surface area contributed by atoms with Crippen LogP contribution in [-0.4, -0.2) is 96.5 Å². The number of hydrogen-bond donors (Lipinski definition) is 4. The summed E-state index contributed by atoms with van der Waals surface area (Å²) in [5.41, 5.74) is 5.07. The summed E-state index contributed by atoms with van der Waals surface area (Å²) in [6.07, 6.45) is -3.30. The Bertz CT molecular complexity index is 889. The van der Waals surface area contributed by atoms with Crippen LogP contribution in [0.1, 0.15) is 79.6 Å². The van der Waals surface area contributed by atoms with Crippen molar-refractivity contribution >= 4 is 23.9 Å². The Morgan fingerprint density at radius 1 is 0.952 bits per heavy atom. The zero-order chi connectivity index (χ0) is 31.4. The van der Waals surface area contributed by atoms with Crippen LogP contribution < -0.4 is 11.1 Å². The number of ether oxygens (including phenoxy) is 6. The normalized spacial score (nSPS) is 31.0. The number of aliphatic hydroxyl groups excluding tert-OH is 1. The molecule has 0 aromatic heterocycles. The molecule has 5 N–H and O–H groups in total. The van der Waals surface area contributed by atoms with Gasteiger partial charge in [-0.2, -0.15) is 0 Å². The molecule has 2 aliphatic heterocycles. The van der Waals surface area contributed by atoms with Gasteiger partial charge in [0.25, 0.3) is 0 Å². The Balaban J connectivity index is 1.90. The van der Waals surface area contributed by atoms with Crippen molar-refractivity contribution in [1.29, 1.82) is 0 Å². The minimum Gasteiger partial charge on any atom is -0.481 e. The summed E-state index contributed by atoms with van der Waals surface area (Å²) in [5, 5.41) is 21.5. The molecule has 14 heteroatoms. The minimum absolute atomic E-state index is 0.00490. The number of amides is 2. The highest BCUT2D eigenvalue weighted by Crippen LogP contribution is 2.29. The number of nitrogens with one attached hydrogen (secondary N) is 1. The summed E-state index contributed by atoms with van der Waals surface area (Å²) < 4.78 is 34.5. The van der Waals surface area contributed by atoms with Gasteiger partial charge in [-0.05, 0) is 52.4 Å².